The summed E-state index contributed by atoms with van der Waals surface area (Å²) in [6.07, 6.45) is 8.55. The van der Waals surface area contributed by atoms with Gasteiger partial charge in [0.2, 0.25) is 5.95 Å². The predicted molar refractivity (Wildman–Crippen MR) is 79.5 cm³/mol. The minimum atomic E-state index is 0.698. The van der Waals surface area contributed by atoms with Crippen LogP contribution in [0.5, 0.6) is 0 Å². The second-order valence-electron chi connectivity index (χ2n) is 5.25. The number of nitrogens with one attached hydrogen (secondary N) is 1. The molecule has 0 saturated carbocycles. The van der Waals surface area contributed by atoms with E-state index in [1.54, 1.807) is 12.4 Å². The van der Waals surface area contributed by atoms with Gasteiger partial charge in [-0.1, -0.05) is 0 Å². The summed E-state index contributed by atoms with van der Waals surface area (Å²) in [6, 6.07) is 3.93. The maximum Gasteiger partial charge on any atom is 0.225 e. The fraction of sp³-hybridized carbons (Fsp3) is 0.400. The van der Waals surface area contributed by atoms with Crippen molar-refractivity contribution in [2.75, 3.05) is 31.6 Å². The Morgan fingerprint density at radius 1 is 1.20 bits per heavy atom. The first-order valence-electron chi connectivity index (χ1n) is 6.97. The lowest BCUT2D eigenvalue weighted by atomic mass is 10.1. The highest BCUT2D eigenvalue weighted by atomic mass is 15.2. The summed E-state index contributed by atoms with van der Waals surface area (Å²) in [5.41, 5.74) is 2.11. The van der Waals surface area contributed by atoms with Crippen LogP contribution < -0.4 is 10.2 Å². The van der Waals surface area contributed by atoms with Crippen LogP contribution >= 0.6 is 0 Å². The average Bonchev–Trinajstić information content (AvgIpc) is 3.01. The second kappa shape index (κ2) is 5.96. The number of anilines is 1. The molecule has 2 aromatic heterocycles. The summed E-state index contributed by atoms with van der Waals surface area (Å²) >= 11 is 0. The summed E-state index contributed by atoms with van der Waals surface area (Å²) in [4.78, 5) is 15.1. The third-order valence-corrected chi connectivity index (χ3v) is 3.69. The maximum atomic E-state index is 4.47. The van der Waals surface area contributed by atoms with E-state index in [9.17, 15) is 0 Å². The average molecular weight is 269 g/mol. The Balaban J connectivity index is 1.69. The van der Waals surface area contributed by atoms with Crippen LogP contribution in [0.4, 0.5) is 5.95 Å². The molecule has 1 N–H and O–H groups in total. The van der Waals surface area contributed by atoms with E-state index in [0.29, 0.717) is 5.92 Å². The first kappa shape index (κ1) is 13.0. The summed E-state index contributed by atoms with van der Waals surface area (Å²) in [6.45, 7) is 3.22. The maximum absolute atomic E-state index is 4.47. The van der Waals surface area contributed by atoms with Gasteiger partial charge in [0.05, 0.1) is 0 Å². The molecule has 1 saturated heterocycles. The molecule has 1 fully saturated rings. The molecule has 5 nitrogen and oxygen atoms in total. The van der Waals surface area contributed by atoms with Crippen molar-refractivity contribution in [2.24, 2.45) is 5.92 Å². The molecule has 0 radical (unpaired) electrons. The number of hydrogen-bond acceptors (Lipinski definition) is 5. The van der Waals surface area contributed by atoms with E-state index in [4.69, 9.17) is 0 Å². The monoisotopic (exact) mass is 269 g/mol. The zero-order valence-electron chi connectivity index (χ0n) is 11.7. The Labute approximate surface area is 119 Å². The number of nitrogens with zero attached hydrogens (tertiary/aromatic N) is 4. The van der Waals surface area contributed by atoms with E-state index < -0.39 is 0 Å². The molecule has 20 heavy (non-hydrogen) atoms. The molecule has 3 rings (SSSR count). The van der Waals surface area contributed by atoms with Gasteiger partial charge in [-0.25, -0.2) is 9.97 Å². The van der Waals surface area contributed by atoms with Gasteiger partial charge in [-0.3, -0.25) is 4.98 Å². The molecule has 1 atom stereocenters. The zero-order chi connectivity index (χ0) is 13.8. The molecule has 1 aliphatic heterocycles. The fourth-order valence-electron chi connectivity index (χ4n) is 2.55. The van der Waals surface area contributed by atoms with Crippen LogP contribution in [-0.2, 0) is 0 Å². The Bertz CT molecular complexity index is 534. The van der Waals surface area contributed by atoms with Gasteiger partial charge in [-0.15, -0.1) is 0 Å². The molecular formula is C15H19N5. The zero-order valence-corrected chi connectivity index (χ0v) is 11.7. The van der Waals surface area contributed by atoms with Gasteiger partial charge < -0.3 is 10.2 Å². The van der Waals surface area contributed by atoms with E-state index in [0.717, 1.165) is 36.7 Å². The number of hydrogen-bond donors (Lipinski definition) is 1. The molecule has 0 aliphatic carbocycles. The lowest BCUT2D eigenvalue weighted by molar-refractivity contribution is 0.573. The van der Waals surface area contributed by atoms with Gasteiger partial charge in [-0.05, 0) is 43.1 Å². The largest absolute Gasteiger partial charge is 0.344 e. The van der Waals surface area contributed by atoms with Crippen molar-refractivity contribution < 1.29 is 0 Å². The first-order valence-corrected chi connectivity index (χ1v) is 6.97. The van der Waals surface area contributed by atoms with Crippen molar-refractivity contribution >= 4 is 5.95 Å². The fourth-order valence-corrected chi connectivity index (χ4v) is 2.55. The van der Waals surface area contributed by atoms with Crippen LogP contribution in [0, 0.1) is 5.92 Å². The van der Waals surface area contributed by atoms with E-state index in [1.165, 1.54) is 6.42 Å². The minimum absolute atomic E-state index is 0.698. The highest BCUT2D eigenvalue weighted by molar-refractivity contribution is 5.61. The third-order valence-electron chi connectivity index (χ3n) is 3.69. The highest BCUT2D eigenvalue weighted by Crippen LogP contribution is 2.18. The van der Waals surface area contributed by atoms with E-state index in [2.05, 4.69) is 32.2 Å². The van der Waals surface area contributed by atoms with Crippen LogP contribution in [0.1, 0.15) is 6.42 Å². The number of rotatable bonds is 4. The van der Waals surface area contributed by atoms with Gasteiger partial charge in [0.1, 0.15) is 0 Å². The molecule has 0 bridgehead atoms. The summed E-state index contributed by atoms with van der Waals surface area (Å²) in [5, 5.41) is 3.39. The quantitative estimate of drug-likeness (QED) is 0.913. The molecule has 0 spiro atoms. The molecule has 2 aromatic rings. The van der Waals surface area contributed by atoms with E-state index in [1.807, 2.05) is 24.5 Å². The van der Waals surface area contributed by atoms with Crippen molar-refractivity contribution in [3.63, 3.8) is 0 Å². The van der Waals surface area contributed by atoms with Crippen LogP contribution in [0.3, 0.4) is 0 Å². The second-order valence-corrected chi connectivity index (χ2v) is 5.25. The van der Waals surface area contributed by atoms with Crippen LogP contribution in [0.15, 0.2) is 36.9 Å². The van der Waals surface area contributed by atoms with Crippen LogP contribution in [0.2, 0.25) is 0 Å². The molecule has 0 aromatic carbocycles. The topological polar surface area (TPSA) is 53.9 Å². The first-order chi connectivity index (χ1) is 9.83. The number of pyridine rings is 1. The van der Waals surface area contributed by atoms with Gasteiger partial charge in [0, 0.05) is 43.9 Å². The van der Waals surface area contributed by atoms with E-state index >= 15 is 0 Å². The predicted octanol–water partition coefficient (Wildman–Crippen LogP) is 1.58. The Morgan fingerprint density at radius 3 is 2.60 bits per heavy atom. The van der Waals surface area contributed by atoms with Gasteiger partial charge in [0.15, 0.2) is 0 Å². The Kier molecular flexibility index (Phi) is 3.87. The smallest absolute Gasteiger partial charge is 0.225 e. The van der Waals surface area contributed by atoms with Crippen molar-refractivity contribution in [3.8, 4) is 11.1 Å². The normalized spacial score (nSPS) is 18.1. The molecular weight excluding hydrogens is 250 g/mol. The van der Waals surface area contributed by atoms with Gasteiger partial charge in [-0.2, -0.15) is 0 Å². The van der Waals surface area contributed by atoms with Crippen LogP contribution in [0.25, 0.3) is 11.1 Å². The lowest BCUT2D eigenvalue weighted by Gasteiger charge is -2.20. The molecule has 5 heteroatoms. The standard InChI is InChI=1S/C15H19N5/c1-20(11-12-2-5-17-8-12)15-18-9-14(10-19-15)13-3-6-16-7-4-13/h3-4,6-7,9-10,12,17H,2,5,8,11H2,1H3. The molecule has 104 valence electrons. The van der Waals surface area contributed by atoms with Crippen molar-refractivity contribution in [1.29, 1.82) is 0 Å². The summed E-state index contributed by atoms with van der Waals surface area (Å²) < 4.78 is 0. The summed E-state index contributed by atoms with van der Waals surface area (Å²) in [5.74, 6) is 1.48. The van der Waals surface area contributed by atoms with Crippen molar-refractivity contribution in [3.05, 3.63) is 36.9 Å². The molecule has 1 aliphatic rings. The number of aromatic nitrogens is 3. The van der Waals surface area contributed by atoms with Gasteiger partial charge in [0.25, 0.3) is 0 Å². The summed E-state index contributed by atoms with van der Waals surface area (Å²) in [7, 11) is 2.06. The molecule has 1 unspecified atom stereocenters. The molecule has 0 amide bonds. The van der Waals surface area contributed by atoms with Gasteiger partial charge >= 0.3 is 0 Å². The highest BCUT2D eigenvalue weighted by Gasteiger charge is 2.17. The Hall–Kier alpha value is -2.01. The SMILES string of the molecule is CN(CC1CCNC1)c1ncc(-c2ccncc2)cn1. The van der Waals surface area contributed by atoms with Crippen molar-refractivity contribution in [1.82, 2.24) is 20.3 Å². The third kappa shape index (κ3) is 2.93. The Morgan fingerprint density at radius 2 is 1.95 bits per heavy atom. The minimum Gasteiger partial charge on any atom is -0.344 e. The van der Waals surface area contributed by atoms with Crippen molar-refractivity contribution in [2.45, 2.75) is 6.42 Å². The van der Waals surface area contributed by atoms with Crippen LogP contribution in [-0.4, -0.2) is 41.6 Å². The van der Waals surface area contributed by atoms with E-state index in [-0.39, 0.29) is 0 Å². The lowest BCUT2D eigenvalue weighted by Crippen LogP contribution is -2.28. The molecule has 3 heterocycles.